The number of amides is 1. The van der Waals surface area contributed by atoms with E-state index in [0.29, 0.717) is 12.1 Å². The van der Waals surface area contributed by atoms with Gasteiger partial charge < -0.3 is 9.47 Å². The minimum Gasteiger partial charge on any atom is -0.331 e. The van der Waals surface area contributed by atoms with E-state index in [-0.39, 0.29) is 23.3 Å². The fourth-order valence-corrected chi connectivity index (χ4v) is 2.39. The van der Waals surface area contributed by atoms with E-state index in [4.69, 9.17) is 0 Å². The first-order chi connectivity index (χ1) is 10.5. The minimum absolute atomic E-state index is 0.149. The predicted molar refractivity (Wildman–Crippen MR) is 81.0 cm³/mol. The van der Waals surface area contributed by atoms with Crippen LogP contribution < -0.4 is 5.56 Å². The SMILES string of the molecule is Cn1ccc(C(=O)N(Cc2ccc(F)cc2)C2CC2)cc1=O. The van der Waals surface area contributed by atoms with Gasteiger partial charge >= 0.3 is 0 Å². The number of rotatable bonds is 4. The summed E-state index contributed by atoms with van der Waals surface area (Å²) in [4.78, 5) is 26.1. The molecule has 0 bridgehead atoms. The van der Waals surface area contributed by atoms with Gasteiger partial charge in [-0.15, -0.1) is 0 Å². The second-order valence-electron chi connectivity index (χ2n) is 5.66. The zero-order valence-corrected chi connectivity index (χ0v) is 12.3. The van der Waals surface area contributed by atoms with E-state index in [1.165, 1.54) is 22.8 Å². The van der Waals surface area contributed by atoms with E-state index in [2.05, 4.69) is 0 Å². The van der Waals surface area contributed by atoms with Crippen molar-refractivity contribution < 1.29 is 9.18 Å². The number of benzene rings is 1. The quantitative estimate of drug-likeness (QED) is 0.869. The summed E-state index contributed by atoms with van der Waals surface area (Å²) in [5.41, 5.74) is 1.07. The Morgan fingerprint density at radius 3 is 2.55 bits per heavy atom. The second-order valence-corrected chi connectivity index (χ2v) is 5.66. The molecule has 0 atom stereocenters. The highest BCUT2D eigenvalue weighted by molar-refractivity contribution is 5.94. The Morgan fingerprint density at radius 1 is 1.27 bits per heavy atom. The fraction of sp³-hybridized carbons (Fsp3) is 0.294. The highest BCUT2D eigenvalue weighted by atomic mass is 19.1. The number of pyridine rings is 1. The van der Waals surface area contributed by atoms with Crippen LogP contribution in [-0.4, -0.2) is 21.4 Å². The van der Waals surface area contributed by atoms with E-state index in [9.17, 15) is 14.0 Å². The van der Waals surface area contributed by atoms with Gasteiger partial charge in [-0.25, -0.2) is 4.39 Å². The number of aromatic nitrogens is 1. The zero-order valence-electron chi connectivity index (χ0n) is 12.3. The molecule has 5 heteroatoms. The average molecular weight is 300 g/mol. The summed E-state index contributed by atoms with van der Waals surface area (Å²) in [6, 6.07) is 9.38. The standard InChI is InChI=1S/C17H17FN2O2/c1-19-9-8-13(10-16(19)21)17(22)20(15-6-7-15)11-12-2-4-14(18)5-3-12/h2-5,8-10,15H,6-7,11H2,1H3. The van der Waals surface area contributed by atoms with Crippen molar-refractivity contribution in [1.29, 1.82) is 0 Å². The van der Waals surface area contributed by atoms with Gasteiger partial charge in [-0.3, -0.25) is 9.59 Å². The third-order valence-corrected chi connectivity index (χ3v) is 3.87. The summed E-state index contributed by atoms with van der Waals surface area (Å²) in [6.07, 6.45) is 3.54. The molecule has 1 amide bonds. The lowest BCUT2D eigenvalue weighted by molar-refractivity contribution is 0.0729. The second kappa shape index (κ2) is 5.75. The third-order valence-electron chi connectivity index (χ3n) is 3.87. The minimum atomic E-state index is -0.292. The van der Waals surface area contributed by atoms with Gasteiger partial charge in [-0.2, -0.15) is 0 Å². The average Bonchev–Trinajstić information content (AvgIpc) is 3.33. The Bertz CT molecular complexity index is 748. The Hall–Kier alpha value is -2.43. The van der Waals surface area contributed by atoms with Gasteiger partial charge in [0, 0.05) is 37.5 Å². The summed E-state index contributed by atoms with van der Waals surface area (Å²) in [7, 11) is 1.65. The molecular weight excluding hydrogens is 283 g/mol. The normalized spacial score (nSPS) is 13.9. The largest absolute Gasteiger partial charge is 0.331 e. The summed E-state index contributed by atoms with van der Waals surface area (Å²) in [6.45, 7) is 0.430. The van der Waals surface area contributed by atoms with Crippen molar-refractivity contribution in [3.63, 3.8) is 0 Å². The molecule has 2 aromatic rings. The van der Waals surface area contributed by atoms with Crippen molar-refractivity contribution in [2.75, 3.05) is 0 Å². The van der Waals surface area contributed by atoms with Crippen molar-refractivity contribution in [2.24, 2.45) is 7.05 Å². The lowest BCUT2D eigenvalue weighted by Gasteiger charge is -2.22. The monoisotopic (exact) mass is 300 g/mol. The van der Waals surface area contributed by atoms with Gasteiger partial charge in [0.05, 0.1) is 0 Å². The van der Waals surface area contributed by atoms with E-state index in [1.807, 2.05) is 0 Å². The molecule has 0 radical (unpaired) electrons. The molecule has 1 fully saturated rings. The van der Waals surface area contributed by atoms with E-state index in [0.717, 1.165) is 18.4 Å². The maximum absolute atomic E-state index is 13.0. The lowest BCUT2D eigenvalue weighted by Crippen LogP contribution is -2.33. The van der Waals surface area contributed by atoms with Crippen LogP contribution >= 0.6 is 0 Å². The molecule has 4 nitrogen and oxygen atoms in total. The smallest absolute Gasteiger partial charge is 0.254 e. The number of aryl methyl sites for hydroxylation is 1. The molecule has 3 rings (SSSR count). The van der Waals surface area contributed by atoms with Crippen molar-refractivity contribution in [2.45, 2.75) is 25.4 Å². The highest BCUT2D eigenvalue weighted by Crippen LogP contribution is 2.29. The number of carbonyl (C=O) groups is 1. The zero-order chi connectivity index (χ0) is 15.7. The third kappa shape index (κ3) is 3.08. The summed E-state index contributed by atoms with van der Waals surface area (Å²) in [5.74, 6) is -0.441. The predicted octanol–water partition coefficient (Wildman–Crippen LogP) is 2.33. The van der Waals surface area contributed by atoms with Gasteiger partial charge in [-0.1, -0.05) is 12.1 Å². The van der Waals surface area contributed by atoms with Crippen LogP contribution in [-0.2, 0) is 13.6 Å². The van der Waals surface area contributed by atoms with Crippen molar-refractivity contribution >= 4 is 5.91 Å². The van der Waals surface area contributed by atoms with Gasteiger partial charge in [0.25, 0.3) is 11.5 Å². The molecule has 0 aliphatic heterocycles. The van der Waals surface area contributed by atoms with Crippen LogP contribution in [0.1, 0.15) is 28.8 Å². The fourth-order valence-electron chi connectivity index (χ4n) is 2.39. The number of carbonyl (C=O) groups excluding carboxylic acids is 1. The van der Waals surface area contributed by atoms with Crippen molar-refractivity contribution in [1.82, 2.24) is 9.47 Å². The first kappa shape index (κ1) is 14.5. The van der Waals surface area contributed by atoms with Gasteiger partial charge in [0.15, 0.2) is 0 Å². The van der Waals surface area contributed by atoms with Crippen molar-refractivity contribution in [3.05, 3.63) is 69.9 Å². The van der Waals surface area contributed by atoms with Crippen molar-refractivity contribution in [3.8, 4) is 0 Å². The Kier molecular flexibility index (Phi) is 3.79. The number of halogens is 1. The topological polar surface area (TPSA) is 42.3 Å². The van der Waals surface area contributed by atoms with Crippen LogP contribution in [0.2, 0.25) is 0 Å². The van der Waals surface area contributed by atoms with Gasteiger partial charge in [0.1, 0.15) is 5.82 Å². The van der Waals surface area contributed by atoms with Crippen LogP contribution in [0.3, 0.4) is 0 Å². The molecule has 0 N–H and O–H groups in total. The van der Waals surface area contributed by atoms with Crippen LogP contribution in [0.4, 0.5) is 4.39 Å². The van der Waals surface area contributed by atoms with Crippen LogP contribution in [0.5, 0.6) is 0 Å². The maximum atomic E-state index is 13.0. The summed E-state index contributed by atoms with van der Waals surface area (Å²) >= 11 is 0. The molecule has 0 saturated heterocycles. The number of hydrogen-bond acceptors (Lipinski definition) is 2. The maximum Gasteiger partial charge on any atom is 0.254 e. The molecule has 1 aromatic heterocycles. The Balaban J connectivity index is 1.84. The first-order valence-corrected chi connectivity index (χ1v) is 7.27. The Morgan fingerprint density at radius 2 is 1.95 bits per heavy atom. The molecule has 1 aliphatic carbocycles. The van der Waals surface area contributed by atoms with Crippen LogP contribution in [0, 0.1) is 5.82 Å². The molecule has 1 saturated carbocycles. The molecule has 0 unspecified atom stereocenters. The van der Waals surface area contributed by atoms with Gasteiger partial charge in [0.2, 0.25) is 0 Å². The Labute approximate surface area is 127 Å². The van der Waals surface area contributed by atoms with Gasteiger partial charge in [-0.05, 0) is 36.6 Å². The van der Waals surface area contributed by atoms with E-state index < -0.39 is 0 Å². The first-order valence-electron chi connectivity index (χ1n) is 7.27. The molecule has 1 heterocycles. The van der Waals surface area contributed by atoms with E-state index in [1.54, 1.807) is 36.3 Å². The molecule has 1 aliphatic rings. The van der Waals surface area contributed by atoms with Crippen LogP contribution in [0.15, 0.2) is 47.4 Å². The number of nitrogens with zero attached hydrogens (tertiary/aromatic N) is 2. The summed E-state index contributed by atoms with van der Waals surface area (Å²) < 4.78 is 14.4. The molecular formula is C17H17FN2O2. The summed E-state index contributed by atoms with van der Waals surface area (Å²) in [5, 5.41) is 0. The highest BCUT2D eigenvalue weighted by Gasteiger charge is 2.33. The molecule has 22 heavy (non-hydrogen) atoms. The molecule has 114 valence electrons. The molecule has 1 aromatic carbocycles. The lowest BCUT2D eigenvalue weighted by atomic mass is 10.1. The molecule has 0 spiro atoms. The van der Waals surface area contributed by atoms with Crippen LogP contribution in [0.25, 0.3) is 0 Å². The number of hydrogen-bond donors (Lipinski definition) is 0. The van der Waals surface area contributed by atoms with E-state index >= 15 is 0 Å².